The zero-order chi connectivity index (χ0) is 27.2. The van der Waals surface area contributed by atoms with E-state index in [9.17, 15) is 24.6 Å². The third-order valence-electron chi connectivity index (χ3n) is 5.38. The minimum atomic E-state index is -1.31. The summed E-state index contributed by atoms with van der Waals surface area (Å²) in [7, 11) is 0. The van der Waals surface area contributed by atoms with E-state index in [0.29, 0.717) is 10.7 Å². The lowest BCUT2D eigenvalue weighted by atomic mass is 10.1. The number of benzene rings is 4. The van der Waals surface area contributed by atoms with Crippen LogP contribution in [0.5, 0.6) is 5.75 Å². The summed E-state index contributed by atoms with van der Waals surface area (Å²) in [6.07, 6.45) is 0. The van der Waals surface area contributed by atoms with Gasteiger partial charge in [0, 0.05) is 21.3 Å². The van der Waals surface area contributed by atoms with Crippen LogP contribution in [0.1, 0.15) is 31.5 Å². The number of aromatic hydroxyl groups is 1. The van der Waals surface area contributed by atoms with Crippen LogP contribution >= 0.6 is 35.0 Å². The van der Waals surface area contributed by atoms with E-state index in [4.69, 9.17) is 23.2 Å². The standard InChI is InChI=1S/C28H20Cl2N2O5S/c29-17-6-12-21(23(30)14-17)26(34)31-18-7-10-20(11-8-18)38-25(16-4-2-1-3-5-16)27(35)32-19-9-13-24(33)22(15-19)28(36)37/h1-15,25,33H,(H,31,34)(H,32,35)(H,36,37). The number of thioether (sulfide) groups is 1. The van der Waals surface area contributed by atoms with Crippen LogP contribution in [0.25, 0.3) is 0 Å². The molecule has 0 aromatic heterocycles. The number of carboxylic acid groups (broad SMARTS) is 1. The van der Waals surface area contributed by atoms with Gasteiger partial charge in [-0.15, -0.1) is 11.8 Å². The first-order chi connectivity index (χ1) is 18.2. The number of carbonyl (C=O) groups excluding carboxylic acids is 2. The predicted molar refractivity (Wildman–Crippen MR) is 150 cm³/mol. The van der Waals surface area contributed by atoms with Gasteiger partial charge in [0.1, 0.15) is 16.6 Å². The van der Waals surface area contributed by atoms with Crippen molar-refractivity contribution in [3.05, 3.63) is 118 Å². The number of anilines is 2. The molecule has 2 amide bonds. The fraction of sp³-hybridized carbons (Fsp3) is 0.0357. The number of aromatic carboxylic acids is 1. The molecule has 0 fully saturated rings. The first-order valence-electron chi connectivity index (χ1n) is 11.2. The molecular formula is C28H20Cl2N2O5S. The predicted octanol–water partition coefficient (Wildman–Crippen LogP) is 7.12. The molecule has 4 aromatic carbocycles. The highest BCUT2D eigenvalue weighted by atomic mass is 35.5. The van der Waals surface area contributed by atoms with Crippen molar-refractivity contribution in [2.24, 2.45) is 0 Å². The maximum atomic E-state index is 13.3. The van der Waals surface area contributed by atoms with Crippen LogP contribution in [-0.2, 0) is 4.79 Å². The molecule has 0 spiro atoms. The summed E-state index contributed by atoms with van der Waals surface area (Å²) in [6.45, 7) is 0. The van der Waals surface area contributed by atoms with Crippen molar-refractivity contribution in [3.8, 4) is 5.75 Å². The van der Waals surface area contributed by atoms with Crippen LogP contribution in [0.4, 0.5) is 11.4 Å². The Morgan fingerprint density at radius 3 is 2.11 bits per heavy atom. The van der Waals surface area contributed by atoms with E-state index in [1.807, 2.05) is 30.3 Å². The summed E-state index contributed by atoms with van der Waals surface area (Å²) in [6, 6.07) is 24.6. The summed E-state index contributed by atoms with van der Waals surface area (Å²) in [5.74, 6) is -2.46. The Balaban J connectivity index is 1.51. The van der Waals surface area contributed by atoms with Gasteiger partial charge < -0.3 is 20.8 Å². The molecular weight excluding hydrogens is 547 g/mol. The van der Waals surface area contributed by atoms with Gasteiger partial charge in [0.15, 0.2) is 0 Å². The fourth-order valence-electron chi connectivity index (χ4n) is 3.52. The molecule has 10 heteroatoms. The van der Waals surface area contributed by atoms with Gasteiger partial charge in [-0.25, -0.2) is 4.79 Å². The van der Waals surface area contributed by atoms with Gasteiger partial charge in [-0.05, 0) is 66.2 Å². The zero-order valence-electron chi connectivity index (χ0n) is 19.5. The van der Waals surface area contributed by atoms with Crippen LogP contribution in [0, 0.1) is 0 Å². The van der Waals surface area contributed by atoms with E-state index in [2.05, 4.69) is 10.6 Å². The van der Waals surface area contributed by atoms with Crippen LogP contribution in [0.2, 0.25) is 10.0 Å². The Hall–Kier alpha value is -3.98. The Kier molecular flexibility index (Phi) is 8.58. The van der Waals surface area contributed by atoms with Gasteiger partial charge in [-0.1, -0.05) is 53.5 Å². The van der Waals surface area contributed by atoms with E-state index in [1.165, 1.54) is 36.0 Å². The van der Waals surface area contributed by atoms with Crippen molar-refractivity contribution in [1.29, 1.82) is 0 Å². The van der Waals surface area contributed by atoms with Crippen molar-refractivity contribution in [2.45, 2.75) is 10.1 Å². The normalized spacial score (nSPS) is 11.4. The first kappa shape index (κ1) is 27.1. The maximum Gasteiger partial charge on any atom is 0.339 e. The van der Waals surface area contributed by atoms with E-state index in [1.54, 1.807) is 36.4 Å². The molecule has 192 valence electrons. The lowest BCUT2D eigenvalue weighted by Gasteiger charge is -2.18. The Labute approximate surface area is 232 Å². The molecule has 1 atom stereocenters. The van der Waals surface area contributed by atoms with Gasteiger partial charge in [-0.3, -0.25) is 9.59 Å². The molecule has 0 radical (unpaired) electrons. The molecule has 4 aromatic rings. The highest BCUT2D eigenvalue weighted by Crippen LogP contribution is 2.37. The molecule has 0 saturated heterocycles. The van der Waals surface area contributed by atoms with Gasteiger partial charge in [-0.2, -0.15) is 0 Å². The smallest absolute Gasteiger partial charge is 0.339 e. The number of carbonyl (C=O) groups is 3. The summed E-state index contributed by atoms with van der Waals surface area (Å²) in [4.78, 5) is 38.0. The Morgan fingerprint density at radius 1 is 0.763 bits per heavy atom. The quantitative estimate of drug-likeness (QED) is 0.133. The third kappa shape index (κ3) is 6.66. The second-order valence-corrected chi connectivity index (χ2v) is 10.1. The van der Waals surface area contributed by atoms with Gasteiger partial charge in [0.25, 0.3) is 5.91 Å². The monoisotopic (exact) mass is 566 g/mol. The number of nitrogens with one attached hydrogen (secondary N) is 2. The van der Waals surface area contributed by atoms with Crippen molar-refractivity contribution in [1.82, 2.24) is 0 Å². The first-order valence-corrected chi connectivity index (χ1v) is 12.8. The zero-order valence-corrected chi connectivity index (χ0v) is 21.8. The van der Waals surface area contributed by atoms with E-state index < -0.39 is 17.0 Å². The largest absolute Gasteiger partial charge is 0.507 e. The number of amides is 2. The molecule has 0 saturated carbocycles. The van der Waals surface area contributed by atoms with Crippen molar-refractivity contribution in [2.75, 3.05) is 10.6 Å². The van der Waals surface area contributed by atoms with Gasteiger partial charge in [0.2, 0.25) is 5.91 Å². The average Bonchev–Trinajstić information content (AvgIpc) is 2.89. The lowest BCUT2D eigenvalue weighted by molar-refractivity contribution is -0.115. The van der Waals surface area contributed by atoms with Crippen LogP contribution < -0.4 is 10.6 Å². The molecule has 7 nitrogen and oxygen atoms in total. The molecule has 38 heavy (non-hydrogen) atoms. The van der Waals surface area contributed by atoms with E-state index in [-0.39, 0.29) is 33.7 Å². The molecule has 0 aliphatic carbocycles. The number of hydrogen-bond acceptors (Lipinski definition) is 5. The number of hydrogen-bond donors (Lipinski definition) is 4. The van der Waals surface area contributed by atoms with Gasteiger partial charge >= 0.3 is 5.97 Å². The van der Waals surface area contributed by atoms with Crippen molar-refractivity contribution in [3.63, 3.8) is 0 Å². The van der Waals surface area contributed by atoms with Crippen LogP contribution in [0.3, 0.4) is 0 Å². The number of phenols is 1. The Morgan fingerprint density at radius 2 is 1.45 bits per heavy atom. The third-order valence-corrected chi connectivity index (χ3v) is 7.19. The fourth-order valence-corrected chi connectivity index (χ4v) is 5.04. The van der Waals surface area contributed by atoms with E-state index >= 15 is 0 Å². The SMILES string of the molecule is O=C(O)c1cc(NC(=O)C(Sc2ccc(NC(=O)c3ccc(Cl)cc3Cl)cc2)c2ccccc2)ccc1O. The van der Waals surface area contributed by atoms with Crippen LogP contribution in [-0.4, -0.2) is 28.0 Å². The van der Waals surface area contributed by atoms with Crippen molar-refractivity contribution >= 4 is 64.1 Å². The highest BCUT2D eigenvalue weighted by Gasteiger charge is 2.23. The van der Waals surface area contributed by atoms with Crippen molar-refractivity contribution < 1.29 is 24.6 Å². The van der Waals surface area contributed by atoms with E-state index in [0.717, 1.165) is 10.5 Å². The Bertz CT molecular complexity index is 1500. The lowest BCUT2D eigenvalue weighted by Crippen LogP contribution is -2.19. The molecule has 0 heterocycles. The minimum Gasteiger partial charge on any atom is -0.507 e. The molecule has 0 aliphatic rings. The van der Waals surface area contributed by atoms with Gasteiger partial charge in [0.05, 0.1) is 10.6 Å². The molecule has 0 aliphatic heterocycles. The average molecular weight is 567 g/mol. The maximum absolute atomic E-state index is 13.3. The van der Waals surface area contributed by atoms with Crippen LogP contribution in [0.15, 0.2) is 95.9 Å². The molecule has 0 bridgehead atoms. The molecule has 4 rings (SSSR count). The highest BCUT2D eigenvalue weighted by molar-refractivity contribution is 8.00. The summed E-state index contributed by atoms with van der Waals surface area (Å²) < 4.78 is 0. The topological polar surface area (TPSA) is 116 Å². The number of carboxylic acids is 1. The second kappa shape index (κ2) is 12.0. The number of rotatable bonds is 8. The summed E-state index contributed by atoms with van der Waals surface area (Å²) in [5, 5.41) is 24.5. The molecule has 4 N–H and O–H groups in total. The second-order valence-electron chi connectivity index (χ2n) is 8.04. The number of halogens is 2. The minimum absolute atomic E-state index is 0.239. The summed E-state index contributed by atoms with van der Waals surface area (Å²) >= 11 is 13.3. The summed E-state index contributed by atoms with van der Waals surface area (Å²) in [5.41, 5.74) is 1.49. The molecule has 1 unspecified atom stereocenters.